The summed E-state index contributed by atoms with van der Waals surface area (Å²) < 4.78 is 7.12. The molecule has 0 saturated carbocycles. The summed E-state index contributed by atoms with van der Waals surface area (Å²) in [4.78, 5) is 31.8. The van der Waals surface area contributed by atoms with E-state index in [0.29, 0.717) is 31.1 Å². The lowest BCUT2D eigenvalue weighted by Crippen LogP contribution is -2.49. The summed E-state index contributed by atoms with van der Waals surface area (Å²) >= 11 is 0. The molecular weight excluding hydrogens is 384 g/mol. The number of likely N-dealkylation sites (tertiary alicyclic amines) is 1. The summed E-state index contributed by atoms with van der Waals surface area (Å²) in [7, 11) is 0. The van der Waals surface area contributed by atoms with Gasteiger partial charge in [0.15, 0.2) is 5.76 Å². The van der Waals surface area contributed by atoms with E-state index < -0.39 is 0 Å². The maximum Gasteiger partial charge on any atom is 0.319 e. The van der Waals surface area contributed by atoms with Gasteiger partial charge in [0.05, 0.1) is 12.3 Å². The predicted molar refractivity (Wildman–Crippen MR) is 108 cm³/mol. The first-order valence-corrected chi connectivity index (χ1v) is 9.98. The van der Waals surface area contributed by atoms with Crippen molar-refractivity contribution < 1.29 is 14.0 Å². The number of nitrogens with one attached hydrogen (secondary N) is 2. The Kier molecular flexibility index (Phi) is 4.50. The van der Waals surface area contributed by atoms with Crippen LogP contribution in [0.3, 0.4) is 0 Å². The maximum atomic E-state index is 12.8. The van der Waals surface area contributed by atoms with Gasteiger partial charge in [0.2, 0.25) is 0 Å². The number of para-hydroxylation sites is 1. The third-order valence-electron chi connectivity index (χ3n) is 6.05. The molecule has 2 aliphatic rings. The molecule has 1 fully saturated rings. The minimum absolute atomic E-state index is 0.128. The Morgan fingerprint density at radius 3 is 2.73 bits per heavy atom. The van der Waals surface area contributed by atoms with Gasteiger partial charge in [-0.15, -0.1) is 0 Å². The SMILES string of the molecule is O=C(Nc1ccccc1)N[C@@H]1c2ncnn2CC[C@]12CCN(C(=O)c1ccco1)C2. The minimum atomic E-state index is -0.355. The van der Waals surface area contributed by atoms with E-state index in [9.17, 15) is 9.59 Å². The topological polar surface area (TPSA) is 105 Å². The molecule has 3 aromatic rings. The Hall–Kier alpha value is -3.62. The van der Waals surface area contributed by atoms with Gasteiger partial charge in [-0.05, 0) is 37.1 Å². The lowest BCUT2D eigenvalue weighted by molar-refractivity contribution is 0.0704. The number of amides is 3. The molecule has 1 spiro atoms. The fourth-order valence-electron chi connectivity index (χ4n) is 4.52. The van der Waals surface area contributed by atoms with Gasteiger partial charge in [-0.25, -0.2) is 14.5 Å². The number of furan rings is 1. The van der Waals surface area contributed by atoms with Crippen molar-refractivity contribution in [3.63, 3.8) is 0 Å². The second-order valence-corrected chi connectivity index (χ2v) is 7.81. The summed E-state index contributed by atoms with van der Waals surface area (Å²) in [6.45, 7) is 1.83. The molecule has 9 nitrogen and oxygen atoms in total. The highest BCUT2D eigenvalue weighted by Crippen LogP contribution is 2.47. The molecule has 0 radical (unpaired) electrons. The van der Waals surface area contributed by atoms with Crippen molar-refractivity contribution in [3.8, 4) is 0 Å². The van der Waals surface area contributed by atoms with Gasteiger partial charge in [-0.3, -0.25) is 4.79 Å². The van der Waals surface area contributed by atoms with Crippen molar-refractivity contribution in [2.45, 2.75) is 25.4 Å². The average molecular weight is 406 g/mol. The molecule has 2 aromatic heterocycles. The normalized spacial score (nSPS) is 22.7. The molecule has 5 rings (SSSR count). The van der Waals surface area contributed by atoms with Crippen LogP contribution in [0.1, 0.15) is 35.3 Å². The Morgan fingerprint density at radius 1 is 1.10 bits per heavy atom. The van der Waals surface area contributed by atoms with Crippen LogP contribution in [-0.2, 0) is 6.54 Å². The van der Waals surface area contributed by atoms with E-state index in [0.717, 1.165) is 18.7 Å². The van der Waals surface area contributed by atoms with Gasteiger partial charge >= 0.3 is 6.03 Å². The lowest BCUT2D eigenvalue weighted by Gasteiger charge is -2.40. The average Bonchev–Trinajstić information content (AvgIpc) is 3.52. The van der Waals surface area contributed by atoms with Crippen molar-refractivity contribution in [3.05, 3.63) is 66.6 Å². The Balaban J connectivity index is 1.38. The third kappa shape index (κ3) is 3.22. The van der Waals surface area contributed by atoms with E-state index in [2.05, 4.69) is 20.7 Å². The van der Waals surface area contributed by atoms with Crippen LogP contribution in [0, 0.1) is 5.41 Å². The second-order valence-electron chi connectivity index (χ2n) is 7.81. The number of hydrogen-bond acceptors (Lipinski definition) is 5. The number of carbonyl (C=O) groups is 2. The van der Waals surface area contributed by atoms with Gasteiger partial charge in [0, 0.05) is 30.7 Å². The highest BCUT2D eigenvalue weighted by atomic mass is 16.3. The monoisotopic (exact) mass is 406 g/mol. The number of fused-ring (bicyclic) bond motifs is 1. The molecular formula is C21H22N6O3. The molecule has 1 aromatic carbocycles. The van der Waals surface area contributed by atoms with Gasteiger partial charge in [0.1, 0.15) is 12.2 Å². The summed E-state index contributed by atoms with van der Waals surface area (Å²) in [6, 6.07) is 12.0. The molecule has 3 amide bonds. The minimum Gasteiger partial charge on any atom is -0.459 e. The number of carbonyl (C=O) groups excluding carboxylic acids is 2. The summed E-state index contributed by atoms with van der Waals surface area (Å²) in [5.74, 6) is 0.922. The molecule has 2 N–H and O–H groups in total. The smallest absolute Gasteiger partial charge is 0.319 e. The Morgan fingerprint density at radius 2 is 1.93 bits per heavy atom. The number of rotatable bonds is 3. The number of urea groups is 1. The van der Waals surface area contributed by atoms with Gasteiger partial charge < -0.3 is 20.0 Å². The number of benzene rings is 1. The van der Waals surface area contributed by atoms with Crippen molar-refractivity contribution in [1.29, 1.82) is 0 Å². The van der Waals surface area contributed by atoms with E-state index in [1.807, 2.05) is 35.0 Å². The van der Waals surface area contributed by atoms with Crippen LogP contribution in [0.2, 0.25) is 0 Å². The third-order valence-corrected chi connectivity index (χ3v) is 6.05. The Bertz CT molecular complexity index is 1050. The van der Waals surface area contributed by atoms with E-state index in [4.69, 9.17) is 4.42 Å². The van der Waals surface area contributed by atoms with Crippen LogP contribution < -0.4 is 10.6 Å². The van der Waals surface area contributed by atoms with Crippen molar-refractivity contribution >= 4 is 17.6 Å². The molecule has 2 aliphatic heterocycles. The molecule has 9 heteroatoms. The molecule has 0 unspecified atom stereocenters. The highest BCUT2D eigenvalue weighted by molar-refractivity contribution is 5.92. The van der Waals surface area contributed by atoms with E-state index in [1.165, 1.54) is 12.6 Å². The van der Waals surface area contributed by atoms with E-state index in [1.54, 1.807) is 17.0 Å². The van der Waals surface area contributed by atoms with Gasteiger partial charge in [0.25, 0.3) is 5.91 Å². The summed E-state index contributed by atoms with van der Waals surface area (Å²) in [6.07, 6.45) is 4.57. The number of aromatic nitrogens is 3. The molecule has 1 saturated heterocycles. The quantitative estimate of drug-likeness (QED) is 0.696. The molecule has 30 heavy (non-hydrogen) atoms. The number of aryl methyl sites for hydroxylation is 1. The van der Waals surface area contributed by atoms with Crippen molar-refractivity contribution in [1.82, 2.24) is 25.0 Å². The van der Waals surface area contributed by atoms with Crippen LogP contribution in [-0.4, -0.2) is 44.7 Å². The zero-order valence-corrected chi connectivity index (χ0v) is 16.3. The van der Waals surface area contributed by atoms with Gasteiger partial charge in [-0.2, -0.15) is 5.10 Å². The summed E-state index contributed by atoms with van der Waals surface area (Å²) in [5, 5.41) is 10.3. The lowest BCUT2D eigenvalue weighted by atomic mass is 9.74. The second kappa shape index (κ2) is 7.33. The van der Waals surface area contributed by atoms with Crippen LogP contribution in [0.15, 0.2) is 59.5 Å². The molecule has 0 bridgehead atoms. The first-order chi connectivity index (χ1) is 14.6. The standard InChI is InChI=1S/C21H22N6O3/c28-19(16-7-4-12-30-16)26-10-8-21(13-26)9-11-27-18(22-14-23-27)17(21)25-20(29)24-15-5-2-1-3-6-15/h1-7,12,14,17H,8-11,13H2,(H2,24,25,29)/t17-,21+/m1/s1. The molecule has 2 atom stereocenters. The number of nitrogens with zero attached hydrogens (tertiary/aromatic N) is 4. The summed E-state index contributed by atoms with van der Waals surface area (Å²) in [5.41, 5.74) is 0.404. The number of anilines is 1. The van der Waals surface area contributed by atoms with Crippen molar-refractivity contribution in [2.24, 2.45) is 5.41 Å². The number of hydrogen-bond donors (Lipinski definition) is 2. The van der Waals surface area contributed by atoms with E-state index >= 15 is 0 Å². The first-order valence-electron chi connectivity index (χ1n) is 9.98. The van der Waals surface area contributed by atoms with Crippen LogP contribution >= 0.6 is 0 Å². The van der Waals surface area contributed by atoms with Crippen LogP contribution in [0.25, 0.3) is 0 Å². The zero-order chi connectivity index (χ0) is 20.6. The fourth-order valence-corrected chi connectivity index (χ4v) is 4.52. The van der Waals surface area contributed by atoms with E-state index in [-0.39, 0.29) is 23.4 Å². The largest absolute Gasteiger partial charge is 0.459 e. The van der Waals surface area contributed by atoms with Crippen LogP contribution in [0.4, 0.5) is 10.5 Å². The van der Waals surface area contributed by atoms with Crippen LogP contribution in [0.5, 0.6) is 0 Å². The molecule has 4 heterocycles. The van der Waals surface area contributed by atoms with Gasteiger partial charge in [-0.1, -0.05) is 18.2 Å². The first kappa shape index (κ1) is 18.4. The molecule has 0 aliphatic carbocycles. The predicted octanol–water partition coefficient (Wildman–Crippen LogP) is 2.67. The Labute approximate surface area is 173 Å². The zero-order valence-electron chi connectivity index (χ0n) is 16.3. The maximum absolute atomic E-state index is 12.8. The fraction of sp³-hybridized carbons (Fsp3) is 0.333. The highest BCUT2D eigenvalue weighted by Gasteiger charge is 2.51. The molecule has 154 valence electrons. The van der Waals surface area contributed by atoms with Crippen molar-refractivity contribution in [2.75, 3.05) is 18.4 Å².